The summed E-state index contributed by atoms with van der Waals surface area (Å²) in [5, 5.41) is 12.0. The highest BCUT2D eigenvalue weighted by Gasteiger charge is 2.17. The van der Waals surface area contributed by atoms with Crippen molar-refractivity contribution >= 4 is 29.4 Å². The predicted octanol–water partition coefficient (Wildman–Crippen LogP) is 4.91. The Morgan fingerprint density at radius 1 is 1.07 bits per heavy atom. The van der Waals surface area contributed by atoms with Crippen molar-refractivity contribution < 1.29 is 9.66 Å². The van der Waals surface area contributed by atoms with Gasteiger partial charge in [0.2, 0.25) is 0 Å². The summed E-state index contributed by atoms with van der Waals surface area (Å²) in [6.45, 7) is 3.73. The van der Waals surface area contributed by atoms with Gasteiger partial charge >= 0.3 is 0 Å². The summed E-state index contributed by atoms with van der Waals surface area (Å²) in [4.78, 5) is 24.6. The van der Waals surface area contributed by atoms with Gasteiger partial charge in [-0.05, 0) is 67.6 Å². The van der Waals surface area contributed by atoms with Crippen molar-refractivity contribution in [2.75, 3.05) is 7.11 Å². The van der Waals surface area contributed by atoms with Gasteiger partial charge in [0.05, 0.1) is 22.6 Å². The third-order valence-corrected chi connectivity index (χ3v) is 4.71. The van der Waals surface area contributed by atoms with Crippen molar-refractivity contribution in [3.05, 3.63) is 75.6 Å². The van der Waals surface area contributed by atoms with Gasteiger partial charge in [0.25, 0.3) is 5.69 Å². The molecule has 0 unspecified atom stereocenters. The lowest BCUT2D eigenvalue weighted by atomic mass is 10.2. The number of rotatable bonds is 6. The largest absolute Gasteiger partial charge is 0.497 e. The molecule has 2 aromatic carbocycles. The SMILES string of the molecule is COc1ccc(N=Cc2ccc(Sc3nc(C)cc(C)n3)c([N+](=O)[O-])c2)cc1. The molecule has 0 N–H and O–H groups in total. The Kier molecular flexibility index (Phi) is 6.00. The number of methoxy groups -OCH3 is 1. The van der Waals surface area contributed by atoms with Gasteiger partial charge in [0.1, 0.15) is 5.75 Å². The van der Waals surface area contributed by atoms with Crippen LogP contribution in [0.4, 0.5) is 11.4 Å². The molecule has 7 nitrogen and oxygen atoms in total. The Morgan fingerprint density at radius 3 is 2.36 bits per heavy atom. The highest BCUT2D eigenvalue weighted by molar-refractivity contribution is 7.99. The number of hydrogen-bond acceptors (Lipinski definition) is 7. The Hall–Kier alpha value is -3.26. The minimum atomic E-state index is -0.407. The van der Waals surface area contributed by atoms with Crippen molar-refractivity contribution in [1.29, 1.82) is 0 Å². The lowest BCUT2D eigenvalue weighted by Gasteiger charge is -2.05. The van der Waals surface area contributed by atoms with Crippen LogP contribution in [-0.4, -0.2) is 28.2 Å². The molecule has 0 radical (unpaired) electrons. The number of nitrogens with zero attached hydrogens (tertiary/aromatic N) is 4. The number of nitro benzene ring substituents is 1. The second-order valence-corrected chi connectivity index (χ2v) is 6.98. The van der Waals surface area contributed by atoms with E-state index in [0.29, 0.717) is 15.6 Å². The zero-order chi connectivity index (χ0) is 20.1. The highest BCUT2D eigenvalue weighted by atomic mass is 32.2. The van der Waals surface area contributed by atoms with Gasteiger partial charge in [-0.25, -0.2) is 9.97 Å². The van der Waals surface area contributed by atoms with Crippen molar-refractivity contribution in [2.45, 2.75) is 23.9 Å². The zero-order valence-corrected chi connectivity index (χ0v) is 16.4. The van der Waals surface area contributed by atoms with Crippen LogP contribution in [0.3, 0.4) is 0 Å². The van der Waals surface area contributed by atoms with E-state index in [1.165, 1.54) is 17.8 Å². The van der Waals surface area contributed by atoms with Crippen LogP contribution in [0.1, 0.15) is 17.0 Å². The smallest absolute Gasteiger partial charge is 0.283 e. The van der Waals surface area contributed by atoms with Crippen molar-refractivity contribution in [3.8, 4) is 5.75 Å². The highest BCUT2D eigenvalue weighted by Crippen LogP contribution is 2.33. The first kappa shape index (κ1) is 19.5. The van der Waals surface area contributed by atoms with Crippen molar-refractivity contribution in [3.63, 3.8) is 0 Å². The van der Waals surface area contributed by atoms with Gasteiger partial charge < -0.3 is 4.74 Å². The van der Waals surface area contributed by atoms with Gasteiger partial charge in [0, 0.05) is 23.7 Å². The fourth-order valence-corrected chi connectivity index (χ4v) is 3.45. The Morgan fingerprint density at radius 2 is 1.75 bits per heavy atom. The van der Waals surface area contributed by atoms with E-state index in [2.05, 4.69) is 15.0 Å². The minimum Gasteiger partial charge on any atom is -0.497 e. The van der Waals surface area contributed by atoms with Gasteiger partial charge in [-0.15, -0.1) is 0 Å². The summed E-state index contributed by atoms with van der Waals surface area (Å²) in [6.07, 6.45) is 1.59. The minimum absolute atomic E-state index is 0.00793. The van der Waals surface area contributed by atoms with Crippen molar-refractivity contribution in [1.82, 2.24) is 9.97 Å². The van der Waals surface area contributed by atoms with Gasteiger partial charge in [-0.1, -0.05) is 6.07 Å². The van der Waals surface area contributed by atoms with E-state index >= 15 is 0 Å². The molecule has 142 valence electrons. The van der Waals surface area contributed by atoms with Crippen LogP contribution < -0.4 is 4.74 Å². The van der Waals surface area contributed by atoms with Gasteiger partial charge in [0.15, 0.2) is 5.16 Å². The molecule has 0 bridgehead atoms. The van der Waals surface area contributed by atoms with Crippen LogP contribution in [0.15, 0.2) is 63.6 Å². The molecule has 0 saturated heterocycles. The maximum atomic E-state index is 11.5. The van der Waals surface area contributed by atoms with Crippen molar-refractivity contribution in [2.24, 2.45) is 4.99 Å². The van der Waals surface area contributed by atoms with Crippen LogP contribution in [0.2, 0.25) is 0 Å². The predicted molar refractivity (Wildman–Crippen MR) is 109 cm³/mol. The molecule has 0 saturated carbocycles. The number of nitro groups is 1. The number of hydrogen-bond donors (Lipinski definition) is 0. The summed E-state index contributed by atoms with van der Waals surface area (Å²) in [5.74, 6) is 0.740. The molecule has 3 rings (SSSR count). The van der Waals surface area contributed by atoms with E-state index in [-0.39, 0.29) is 5.69 Å². The summed E-state index contributed by atoms with van der Waals surface area (Å²) in [7, 11) is 1.60. The molecule has 0 atom stereocenters. The third-order valence-electron chi connectivity index (χ3n) is 3.78. The molecule has 0 aliphatic rings. The number of aliphatic imine (C=N–C) groups is 1. The van der Waals surface area contributed by atoms with Gasteiger partial charge in [-0.2, -0.15) is 0 Å². The quantitative estimate of drug-likeness (QED) is 0.255. The molecule has 0 fully saturated rings. The van der Waals surface area contributed by atoms with E-state index < -0.39 is 4.92 Å². The van der Waals surface area contributed by atoms with Gasteiger partial charge in [-0.3, -0.25) is 15.1 Å². The summed E-state index contributed by atoms with van der Waals surface area (Å²) < 4.78 is 5.11. The maximum absolute atomic E-state index is 11.5. The molecule has 1 aromatic heterocycles. The molecular formula is C20H18N4O3S. The van der Waals surface area contributed by atoms with E-state index in [1.54, 1.807) is 37.6 Å². The van der Waals surface area contributed by atoms with E-state index in [1.807, 2.05) is 32.0 Å². The Bertz CT molecular complexity index is 1020. The number of ether oxygens (including phenoxy) is 1. The Labute approximate surface area is 166 Å². The average molecular weight is 394 g/mol. The summed E-state index contributed by atoms with van der Waals surface area (Å²) in [6, 6.07) is 14.1. The molecule has 8 heteroatoms. The zero-order valence-electron chi connectivity index (χ0n) is 15.6. The molecule has 0 aliphatic carbocycles. The lowest BCUT2D eigenvalue weighted by molar-refractivity contribution is -0.387. The lowest BCUT2D eigenvalue weighted by Crippen LogP contribution is -1.96. The van der Waals surface area contributed by atoms with Crippen LogP contribution >= 0.6 is 11.8 Å². The molecule has 28 heavy (non-hydrogen) atoms. The first-order chi connectivity index (χ1) is 13.4. The van der Waals surface area contributed by atoms with Crippen LogP contribution in [-0.2, 0) is 0 Å². The average Bonchev–Trinajstić information content (AvgIpc) is 2.66. The van der Waals surface area contributed by atoms with Crippen LogP contribution in [0.25, 0.3) is 0 Å². The molecular weight excluding hydrogens is 376 g/mol. The molecule has 0 amide bonds. The monoisotopic (exact) mass is 394 g/mol. The number of aryl methyl sites for hydroxylation is 2. The number of benzene rings is 2. The summed E-state index contributed by atoms with van der Waals surface area (Å²) in [5.41, 5.74) is 2.99. The molecule has 1 heterocycles. The van der Waals surface area contributed by atoms with Crippen LogP contribution in [0.5, 0.6) is 5.75 Å². The van der Waals surface area contributed by atoms with E-state index in [4.69, 9.17) is 4.74 Å². The van der Waals surface area contributed by atoms with E-state index in [0.717, 1.165) is 22.8 Å². The maximum Gasteiger partial charge on any atom is 0.283 e. The summed E-state index contributed by atoms with van der Waals surface area (Å²) >= 11 is 1.18. The second kappa shape index (κ2) is 8.62. The topological polar surface area (TPSA) is 90.5 Å². The molecule has 3 aromatic rings. The first-order valence-electron chi connectivity index (χ1n) is 8.41. The molecule has 0 spiro atoms. The normalized spacial score (nSPS) is 11.0. The second-order valence-electron chi connectivity index (χ2n) is 5.98. The fraction of sp³-hybridized carbons (Fsp3) is 0.150. The molecule has 0 aliphatic heterocycles. The van der Waals surface area contributed by atoms with Crippen LogP contribution in [0, 0.1) is 24.0 Å². The van der Waals surface area contributed by atoms with E-state index in [9.17, 15) is 10.1 Å². The third kappa shape index (κ3) is 4.92. The number of aromatic nitrogens is 2. The standard InChI is InChI=1S/C20H18N4O3S/c1-13-10-14(2)23-20(22-13)28-19-9-4-15(11-18(19)24(25)26)12-21-16-5-7-17(27-3)8-6-16/h4-12H,1-3H3. The Balaban J connectivity index is 1.85. The first-order valence-corrected chi connectivity index (χ1v) is 9.23. The fourth-order valence-electron chi connectivity index (χ4n) is 2.50.